The number of carbonyl (C=O) groups excluding carboxylic acids is 4. The zero-order valence-electron chi connectivity index (χ0n) is 32.0. The molecule has 4 aromatic carbocycles. The molecule has 4 aromatic rings. The number of ketones is 4. The number of aryl methyl sites for hydroxylation is 6. The molecule has 288 valence electrons. The van der Waals surface area contributed by atoms with E-state index in [1.807, 2.05) is 71.9 Å². The normalized spacial score (nSPS) is 12.5. The Morgan fingerprint density at radius 3 is 1.65 bits per heavy atom. The number of halogens is 6. The fourth-order valence-electron chi connectivity index (χ4n) is 6.62. The zero-order valence-corrected chi connectivity index (χ0v) is 39.9. The Hall–Kier alpha value is -1.94. The van der Waals surface area contributed by atoms with Crippen molar-refractivity contribution in [3.05, 3.63) is 132 Å². The first kappa shape index (κ1) is 46.4. The van der Waals surface area contributed by atoms with Crippen LogP contribution in [0, 0.1) is 55.4 Å². The highest BCUT2D eigenvalue weighted by Crippen LogP contribution is 2.34. The molecule has 0 atom stereocenters. The molecule has 2 aliphatic rings. The first-order valence-electron chi connectivity index (χ1n) is 17.7. The highest BCUT2D eigenvalue weighted by Gasteiger charge is 2.24. The van der Waals surface area contributed by atoms with Gasteiger partial charge in [-0.15, -0.1) is 23.2 Å². The number of fused-ring (bicyclic) bond motifs is 2. The van der Waals surface area contributed by atoms with Gasteiger partial charge < -0.3 is 0 Å². The lowest BCUT2D eigenvalue weighted by Gasteiger charge is -2.08. The molecule has 6 rings (SSSR count). The summed E-state index contributed by atoms with van der Waals surface area (Å²) in [7, 11) is 0. The van der Waals surface area contributed by atoms with Crippen LogP contribution in [0.3, 0.4) is 0 Å². The standard InChI is InChI=1S/2C11H12BrClO.2C11H11BrO/c1-7-5-9(10(14)3-4-13)6-8(2)11(7)12;1-7-3-4-9(8(2)11(7)12)10(14)5-6-13;1-6-5-9-8(3-4-10(9)13)7(2)11(6)12;1-6-5-8-3-4-9(13)10(8)7(2)11(6)12/h5-6H,3-4H2,1-2H3;3-4H,5-6H2,1-2H3;2*5H,3-4H2,1-2H3. The van der Waals surface area contributed by atoms with Gasteiger partial charge in [0.2, 0.25) is 0 Å². The molecule has 0 bridgehead atoms. The molecule has 0 radical (unpaired) electrons. The van der Waals surface area contributed by atoms with Crippen molar-refractivity contribution >= 4 is 110 Å². The van der Waals surface area contributed by atoms with Gasteiger partial charge in [-0.2, -0.15) is 0 Å². The van der Waals surface area contributed by atoms with Crippen molar-refractivity contribution in [3.63, 3.8) is 0 Å². The zero-order chi connectivity index (χ0) is 40.6. The van der Waals surface area contributed by atoms with Gasteiger partial charge in [0.05, 0.1) is 0 Å². The minimum absolute atomic E-state index is 0.109. The van der Waals surface area contributed by atoms with E-state index in [4.69, 9.17) is 23.2 Å². The Labute approximate surface area is 364 Å². The van der Waals surface area contributed by atoms with Gasteiger partial charge in [-0.25, -0.2) is 0 Å². The molecule has 0 saturated heterocycles. The first-order chi connectivity index (χ1) is 25.4. The molecule has 0 aromatic heterocycles. The van der Waals surface area contributed by atoms with Gasteiger partial charge in [0.25, 0.3) is 0 Å². The van der Waals surface area contributed by atoms with Crippen molar-refractivity contribution in [1.82, 2.24) is 0 Å². The number of hydrogen-bond acceptors (Lipinski definition) is 4. The van der Waals surface area contributed by atoms with Gasteiger partial charge in [0.15, 0.2) is 23.1 Å². The van der Waals surface area contributed by atoms with Crippen LogP contribution in [-0.4, -0.2) is 34.9 Å². The van der Waals surface area contributed by atoms with E-state index in [0.29, 0.717) is 49.0 Å². The maximum atomic E-state index is 11.6. The van der Waals surface area contributed by atoms with Gasteiger partial charge in [0.1, 0.15) is 0 Å². The van der Waals surface area contributed by atoms with Crippen molar-refractivity contribution < 1.29 is 19.2 Å². The van der Waals surface area contributed by atoms with Gasteiger partial charge in [0, 0.05) is 77.6 Å². The van der Waals surface area contributed by atoms with E-state index in [9.17, 15) is 19.2 Å². The fraction of sp³-hybridized carbons (Fsp3) is 0.364. The Morgan fingerprint density at radius 2 is 1.06 bits per heavy atom. The van der Waals surface area contributed by atoms with Crippen molar-refractivity contribution in [2.24, 2.45) is 0 Å². The summed E-state index contributed by atoms with van der Waals surface area (Å²) in [6.07, 6.45) is 4.01. The number of hydrogen-bond donors (Lipinski definition) is 0. The number of alkyl halides is 2. The maximum absolute atomic E-state index is 11.6. The van der Waals surface area contributed by atoms with Gasteiger partial charge in [-0.05, 0) is 142 Å². The lowest BCUT2D eigenvalue weighted by atomic mass is 10.0. The number of benzene rings is 4. The Bertz CT molecular complexity index is 2080. The molecule has 54 heavy (non-hydrogen) atoms. The van der Waals surface area contributed by atoms with Crippen LogP contribution in [0.2, 0.25) is 0 Å². The molecule has 0 saturated carbocycles. The van der Waals surface area contributed by atoms with Crippen molar-refractivity contribution in [2.45, 2.75) is 93.9 Å². The third-order valence-electron chi connectivity index (χ3n) is 9.66. The van der Waals surface area contributed by atoms with E-state index in [-0.39, 0.29) is 11.6 Å². The second kappa shape index (κ2) is 21.0. The summed E-state index contributed by atoms with van der Waals surface area (Å²) >= 11 is 25.0. The number of carbonyl (C=O) groups is 4. The third kappa shape index (κ3) is 11.3. The minimum Gasteiger partial charge on any atom is -0.294 e. The van der Waals surface area contributed by atoms with Crippen LogP contribution in [0.25, 0.3) is 0 Å². The Balaban J connectivity index is 0.000000194. The topological polar surface area (TPSA) is 68.3 Å². The largest absolute Gasteiger partial charge is 0.294 e. The molecule has 0 amide bonds. The van der Waals surface area contributed by atoms with Crippen molar-refractivity contribution in [3.8, 4) is 0 Å². The third-order valence-corrected chi connectivity index (χ3v) is 14.9. The van der Waals surface area contributed by atoms with Crippen LogP contribution in [0.1, 0.15) is 123 Å². The fourth-order valence-corrected chi connectivity index (χ4v) is 8.21. The summed E-state index contributed by atoms with van der Waals surface area (Å²) in [4.78, 5) is 46.2. The lowest BCUT2D eigenvalue weighted by Crippen LogP contribution is -2.03. The highest BCUT2D eigenvalue weighted by molar-refractivity contribution is 9.11. The highest BCUT2D eigenvalue weighted by atomic mass is 79.9. The van der Waals surface area contributed by atoms with Crippen molar-refractivity contribution in [1.29, 1.82) is 0 Å². The van der Waals surface area contributed by atoms with Crippen molar-refractivity contribution in [2.75, 3.05) is 11.8 Å². The smallest absolute Gasteiger partial charge is 0.164 e. The summed E-state index contributed by atoms with van der Waals surface area (Å²) in [5.41, 5.74) is 14.9. The molecule has 0 spiro atoms. The lowest BCUT2D eigenvalue weighted by molar-refractivity contribution is 0.0980. The van der Waals surface area contributed by atoms with Gasteiger partial charge >= 0.3 is 0 Å². The van der Waals surface area contributed by atoms with E-state index in [1.165, 1.54) is 22.3 Å². The Kier molecular flexibility index (Phi) is 18.1. The Morgan fingerprint density at radius 1 is 0.556 bits per heavy atom. The second-order valence-electron chi connectivity index (χ2n) is 13.7. The molecule has 0 heterocycles. The average molecular weight is 1030 g/mol. The van der Waals surface area contributed by atoms with Crippen LogP contribution < -0.4 is 0 Å². The van der Waals surface area contributed by atoms with E-state index >= 15 is 0 Å². The van der Waals surface area contributed by atoms with E-state index < -0.39 is 0 Å². The van der Waals surface area contributed by atoms with Crippen LogP contribution in [0.5, 0.6) is 0 Å². The summed E-state index contributed by atoms with van der Waals surface area (Å²) < 4.78 is 4.32. The molecule has 4 nitrogen and oxygen atoms in total. The van der Waals surface area contributed by atoms with Crippen LogP contribution in [0.15, 0.2) is 54.3 Å². The molecule has 10 heteroatoms. The second-order valence-corrected chi connectivity index (χ2v) is 17.6. The summed E-state index contributed by atoms with van der Waals surface area (Å²) in [6.45, 7) is 16.1. The molecule has 0 N–H and O–H groups in total. The quantitative estimate of drug-likeness (QED) is 0.143. The summed E-state index contributed by atoms with van der Waals surface area (Å²) in [6, 6.07) is 11.7. The molecular formula is C44H46Br4Cl2O4. The molecule has 0 fully saturated rings. The van der Waals surface area contributed by atoms with Gasteiger partial charge in [-0.1, -0.05) is 81.9 Å². The predicted molar refractivity (Wildman–Crippen MR) is 239 cm³/mol. The van der Waals surface area contributed by atoms with Crippen LogP contribution in [0.4, 0.5) is 0 Å². The van der Waals surface area contributed by atoms with Gasteiger partial charge in [-0.3, -0.25) is 19.2 Å². The minimum atomic E-state index is 0.109. The summed E-state index contributed by atoms with van der Waals surface area (Å²) in [5.74, 6) is 1.58. The predicted octanol–water partition coefficient (Wildman–Crippen LogP) is 14.1. The molecule has 2 aliphatic carbocycles. The molecular weight excluding hydrogens is 983 g/mol. The maximum Gasteiger partial charge on any atom is 0.164 e. The molecule has 0 unspecified atom stereocenters. The first-order valence-corrected chi connectivity index (χ1v) is 21.9. The van der Waals surface area contributed by atoms with E-state index in [0.717, 1.165) is 86.4 Å². The number of rotatable bonds is 6. The monoisotopic (exact) mass is 1020 g/mol. The SMILES string of the molecule is Cc1cc(C(=O)CCCl)cc(C)c1Br.Cc1cc2c(c(C)c1Br)C(=O)CC2.Cc1cc2c(c(C)c1Br)CCC2=O.Cc1ccc(C(=O)CCCl)c(C)c1Br. The molecule has 0 aliphatic heterocycles. The average Bonchev–Trinajstić information content (AvgIpc) is 3.69. The number of Topliss-reactive ketones (excluding diaryl/α,β-unsaturated/α-hetero) is 4. The van der Waals surface area contributed by atoms with Crippen LogP contribution in [-0.2, 0) is 12.8 Å². The van der Waals surface area contributed by atoms with E-state index in [2.05, 4.69) is 83.6 Å². The van der Waals surface area contributed by atoms with Crippen LogP contribution >= 0.6 is 86.9 Å². The summed E-state index contributed by atoms with van der Waals surface area (Å²) in [5, 5.41) is 0. The van der Waals surface area contributed by atoms with E-state index in [1.54, 1.807) is 0 Å².